The van der Waals surface area contributed by atoms with E-state index >= 15 is 0 Å². The van der Waals surface area contributed by atoms with Crippen molar-refractivity contribution in [2.24, 2.45) is 0 Å². The van der Waals surface area contributed by atoms with Crippen LogP contribution >= 0.6 is 11.3 Å². The van der Waals surface area contributed by atoms with Crippen LogP contribution in [0.4, 0.5) is 0 Å². The molecule has 0 aliphatic rings. The normalized spacial score (nSPS) is 13.4. The first-order valence-corrected chi connectivity index (χ1v) is 4.30. The lowest BCUT2D eigenvalue weighted by atomic mass is 10.2. The smallest absolute Gasteiger partial charge is 0.121 e. The number of thiazole rings is 1. The van der Waals surface area contributed by atoms with Gasteiger partial charge in [-0.2, -0.15) is 0 Å². The summed E-state index contributed by atoms with van der Waals surface area (Å²) in [6.45, 7) is 2.05. The molecule has 3 heteroatoms. The molecule has 10 heavy (non-hydrogen) atoms. The van der Waals surface area contributed by atoms with E-state index in [0.717, 1.165) is 17.8 Å². The van der Waals surface area contributed by atoms with Gasteiger partial charge in [0.25, 0.3) is 0 Å². The van der Waals surface area contributed by atoms with Gasteiger partial charge in [-0.05, 0) is 6.42 Å². The Morgan fingerprint density at radius 1 is 1.80 bits per heavy atom. The van der Waals surface area contributed by atoms with Gasteiger partial charge in [0.2, 0.25) is 0 Å². The van der Waals surface area contributed by atoms with E-state index in [9.17, 15) is 5.11 Å². The lowest BCUT2D eigenvalue weighted by Gasteiger charge is -2.02. The van der Waals surface area contributed by atoms with Crippen LogP contribution in [0.3, 0.4) is 0 Å². The van der Waals surface area contributed by atoms with Crippen LogP contribution in [0.15, 0.2) is 11.6 Å². The highest BCUT2D eigenvalue weighted by Crippen LogP contribution is 2.19. The van der Waals surface area contributed by atoms with E-state index < -0.39 is 0 Å². The van der Waals surface area contributed by atoms with Crippen LogP contribution in [-0.2, 0) is 0 Å². The molecular formula is C7H11NOS. The Morgan fingerprint density at radius 2 is 2.60 bits per heavy atom. The fourth-order valence-electron chi connectivity index (χ4n) is 0.796. The predicted molar refractivity (Wildman–Crippen MR) is 42.0 cm³/mol. The average Bonchev–Trinajstić information content (AvgIpc) is 2.38. The molecule has 0 aliphatic heterocycles. The maximum atomic E-state index is 9.36. The fraction of sp³-hybridized carbons (Fsp3) is 0.571. The Labute approximate surface area is 64.5 Å². The van der Waals surface area contributed by atoms with Crippen LogP contribution in [-0.4, -0.2) is 10.1 Å². The summed E-state index contributed by atoms with van der Waals surface area (Å²) >= 11 is 1.51. The molecule has 1 N–H and O–H groups in total. The van der Waals surface area contributed by atoms with E-state index in [-0.39, 0.29) is 6.10 Å². The van der Waals surface area contributed by atoms with Gasteiger partial charge in [0.1, 0.15) is 11.1 Å². The number of hydrogen-bond donors (Lipinski definition) is 1. The van der Waals surface area contributed by atoms with Crippen LogP contribution in [0.2, 0.25) is 0 Å². The third kappa shape index (κ3) is 1.78. The van der Waals surface area contributed by atoms with Crippen LogP contribution in [0, 0.1) is 0 Å². The molecule has 0 spiro atoms. The number of aliphatic hydroxyl groups excluding tert-OH is 1. The quantitative estimate of drug-likeness (QED) is 0.727. The largest absolute Gasteiger partial charge is 0.386 e. The number of nitrogens with zero attached hydrogens (tertiary/aromatic N) is 1. The van der Waals surface area contributed by atoms with E-state index in [4.69, 9.17) is 0 Å². The highest BCUT2D eigenvalue weighted by Gasteiger charge is 2.07. The Kier molecular flexibility index (Phi) is 2.83. The van der Waals surface area contributed by atoms with Gasteiger partial charge in [-0.25, -0.2) is 4.98 Å². The summed E-state index contributed by atoms with van der Waals surface area (Å²) in [5.74, 6) is 0. The molecule has 1 rings (SSSR count). The van der Waals surface area contributed by atoms with Crippen molar-refractivity contribution in [2.75, 3.05) is 0 Å². The van der Waals surface area contributed by atoms with Crippen LogP contribution in [0.1, 0.15) is 30.9 Å². The standard InChI is InChI=1S/C7H11NOS/c1-2-3-6(9)7-8-4-5-10-7/h4-6,9H,2-3H2,1H3/t6-/m0/s1. The van der Waals surface area contributed by atoms with Gasteiger partial charge >= 0.3 is 0 Å². The van der Waals surface area contributed by atoms with Gasteiger partial charge in [0.15, 0.2) is 0 Å². The zero-order valence-corrected chi connectivity index (χ0v) is 6.77. The van der Waals surface area contributed by atoms with Crippen molar-refractivity contribution in [3.05, 3.63) is 16.6 Å². The number of rotatable bonds is 3. The number of aliphatic hydroxyl groups is 1. The van der Waals surface area contributed by atoms with Crippen molar-refractivity contribution in [2.45, 2.75) is 25.9 Å². The molecule has 1 atom stereocenters. The molecule has 1 aromatic rings. The maximum Gasteiger partial charge on any atom is 0.121 e. The molecule has 1 aromatic heterocycles. The lowest BCUT2D eigenvalue weighted by molar-refractivity contribution is 0.166. The molecule has 0 saturated heterocycles. The van der Waals surface area contributed by atoms with Crippen molar-refractivity contribution in [1.29, 1.82) is 0 Å². The summed E-state index contributed by atoms with van der Waals surface area (Å²) in [7, 11) is 0. The van der Waals surface area contributed by atoms with Crippen molar-refractivity contribution in [1.82, 2.24) is 4.98 Å². The summed E-state index contributed by atoms with van der Waals surface area (Å²) in [5, 5.41) is 12.1. The Balaban J connectivity index is 2.50. The second-order valence-electron chi connectivity index (χ2n) is 2.17. The summed E-state index contributed by atoms with van der Waals surface area (Å²) in [6.07, 6.45) is 3.19. The van der Waals surface area contributed by atoms with E-state index in [1.165, 1.54) is 11.3 Å². The molecule has 0 saturated carbocycles. The van der Waals surface area contributed by atoms with Crippen LogP contribution in [0.25, 0.3) is 0 Å². The highest BCUT2D eigenvalue weighted by molar-refractivity contribution is 7.09. The van der Waals surface area contributed by atoms with Crippen molar-refractivity contribution in [3.63, 3.8) is 0 Å². The van der Waals surface area contributed by atoms with Crippen LogP contribution < -0.4 is 0 Å². The number of hydrogen-bond acceptors (Lipinski definition) is 3. The molecule has 0 unspecified atom stereocenters. The molecule has 0 aliphatic carbocycles. The summed E-state index contributed by atoms with van der Waals surface area (Å²) in [6, 6.07) is 0. The molecule has 56 valence electrons. The van der Waals surface area contributed by atoms with Gasteiger partial charge in [0.05, 0.1) is 0 Å². The third-order valence-electron chi connectivity index (χ3n) is 1.30. The zero-order chi connectivity index (χ0) is 7.40. The minimum absolute atomic E-state index is 0.343. The Bertz CT molecular complexity index is 174. The first kappa shape index (κ1) is 7.69. The van der Waals surface area contributed by atoms with Crippen LogP contribution in [0.5, 0.6) is 0 Å². The van der Waals surface area contributed by atoms with Gasteiger partial charge in [-0.15, -0.1) is 11.3 Å². The van der Waals surface area contributed by atoms with Gasteiger partial charge < -0.3 is 5.11 Å². The van der Waals surface area contributed by atoms with Crippen molar-refractivity contribution >= 4 is 11.3 Å². The van der Waals surface area contributed by atoms with E-state index in [2.05, 4.69) is 11.9 Å². The maximum absolute atomic E-state index is 9.36. The third-order valence-corrected chi connectivity index (χ3v) is 2.18. The molecule has 0 bridgehead atoms. The minimum Gasteiger partial charge on any atom is -0.386 e. The molecule has 1 heterocycles. The molecule has 0 fully saturated rings. The van der Waals surface area contributed by atoms with Gasteiger partial charge in [-0.3, -0.25) is 0 Å². The first-order chi connectivity index (χ1) is 4.84. The first-order valence-electron chi connectivity index (χ1n) is 3.42. The van der Waals surface area contributed by atoms with E-state index in [0.29, 0.717) is 0 Å². The molecule has 0 aromatic carbocycles. The Morgan fingerprint density at radius 3 is 3.10 bits per heavy atom. The monoisotopic (exact) mass is 157 g/mol. The zero-order valence-electron chi connectivity index (χ0n) is 5.95. The number of aromatic nitrogens is 1. The second kappa shape index (κ2) is 3.68. The van der Waals surface area contributed by atoms with Crippen molar-refractivity contribution < 1.29 is 5.11 Å². The Hall–Kier alpha value is -0.410. The average molecular weight is 157 g/mol. The minimum atomic E-state index is -0.343. The van der Waals surface area contributed by atoms with Gasteiger partial charge in [-0.1, -0.05) is 13.3 Å². The SMILES string of the molecule is CCC[C@H](O)c1nccs1. The molecule has 0 radical (unpaired) electrons. The molecular weight excluding hydrogens is 146 g/mol. The summed E-state index contributed by atoms with van der Waals surface area (Å²) < 4.78 is 0. The highest BCUT2D eigenvalue weighted by atomic mass is 32.1. The lowest BCUT2D eigenvalue weighted by Crippen LogP contribution is -1.94. The van der Waals surface area contributed by atoms with E-state index in [1.54, 1.807) is 6.20 Å². The second-order valence-corrected chi connectivity index (χ2v) is 3.10. The summed E-state index contributed by atoms with van der Waals surface area (Å²) in [4.78, 5) is 4.00. The predicted octanol–water partition coefficient (Wildman–Crippen LogP) is 1.98. The molecule has 2 nitrogen and oxygen atoms in total. The molecule has 0 amide bonds. The van der Waals surface area contributed by atoms with Gasteiger partial charge in [0, 0.05) is 11.6 Å². The van der Waals surface area contributed by atoms with Crippen molar-refractivity contribution in [3.8, 4) is 0 Å². The topological polar surface area (TPSA) is 33.1 Å². The summed E-state index contributed by atoms with van der Waals surface area (Å²) in [5.41, 5.74) is 0. The fourth-order valence-corrected chi connectivity index (χ4v) is 1.45. The van der Waals surface area contributed by atoms with E-state index in [1.807, 2.05) is 5.38 Å².